The molecule has 2 aromatic rings. The van der Waals surface area contributed by atoms with Gasteiger partial charge in [-0.25, -0.2) is 0 Å². The molecule has 1 aliphatic heterocycles. The molecule has 1 aliphatic rings. The maximum Gasteiger partial charge on any atom is 0.261 e. The summed E-state index contributed by atoms with van der Waals surface area (Å²) in [5.41, 5.74) is 3.28. The monoisotopic (exact) mass is 350 g/mol. The van der Waals surface area contributed by atoms with E-state index in [0.717, 1.165) is 6.42 Å². The van der Waals surface area contributed by atoms with Gasteiger partial charge in [-0.2, -0.15) is 0 Å². The predicted molar refractivity (Wildman–Crippen MR) is 98.9 cm³/mol. The average molecular weight is 350 g/mol. The molecule has 134 valence electrons. The van der Waals surface area contributed by atoms with Gasteiger partial charge < -0.3 is 5.32 Å². The molecule has 0 fully saturated rings. The van der Waals surface area contributed by atoms with Gasteiger partial charge in [-0.3, -0.25) is 19.3 Å². The molecule has 2 aromatic carbocycles. The van der Waals surface area contributed by atoms with Crippen LogP contribution in [0.25, 0.3) is 0 Å². The molecular formula is C21H22N2O3. The second-order valence-electron chi connectivity index (χ2n) is 6.50. The number of benzene rings is 2. The highest BCUT2D eigenvalue weighted by Gasteiger charge is 2.34. The van der Waals surface area contributed by atoms with E-state index in [1.54, 1.807) is 24.3 Å². The zero-order valence-electron chi connectivity index (χ0n) is 14.8. The Labute approximate surface area is 153 Å². The van der Waals surface area contributed by atoms with E-state index in [0.29, 0.717) is 30.5 Å². The summed E-state index contributed by atoms with van der Waals surface area (Å²) in [6, 6.07) is 15.0. The van der Waals surface area contributed by atoms with Crippen LogP contribution in [0.5, 0.6) is 0 Å². The number of imide groups is 1. The van der Waals surface area contributed by atoms with Gasteiger partial charge in [0.15, 0.2) is 0 Å². The fraction of sp³-hybridized carbons (Fsp3) is 0.286. The number of hydrogen-bond acceptors (Lipinski definition) is 3. The van der Waals surface area contributed by atoms with Crippen LogP contribution in [0.15, 0.2) is 48.5 Å². The molecule has 0 saturated carbocycles. The number of rotatable bonds is 7. The van der Waals surface area contributed by atoms with E-state index >= 15 is 0 Å². The van der Waals surface area contributed by atoms with Crippen molar-refractivity contribution in [2.45, 2.75) is 26.2 Å². The van der Waals surface area contributed by atoms with Crippen LogP contribution in [-0.4, -0.2) is 35.7 Å². The average Bonchev–Trinajstić information content (AvgIpc) is 2.87. The number of nitrogens with zero attached hydrogens (tertiary/aromatic N) is 1. The van der Waals surface area contributed by atoms with Crippen molar-refractivity contribution in [2.75, 3.05) is 13.1 Å². The number of amides is 3. The lowest BCUT2D eigenvalue weighted by Crippen LogP contribution is -2.32. The maximum atomic E-state index is 12.2. The number of nitrogens with one attached hydrogen (secondary N) is 1. The molecule has 26 heavy (non-hydrogen) atoms. The van der Waals surface area contributed by atoms with Gasteiger partial charge in [-0.15, -0.1) is 0 Å². The first-order chi connectivity index (χ1) is 12.6. The van der Waals surface area contributed by atoms with E-state index in [2.05, 4.69) is 11.4 Å². The van der Waals surface area contributed by atoms with E-state index in [1.165, 1.54) is 16.0 Å². The molecule has 0 bridgehead atoms. The highest BCUT2D eigenvalue weighted by molar-refractivity contribution is 6.21. The highest BCUT2D eigenvalue weighted by Crippen LogP contribution is 2.22. The fourth-order valence-corrected chi connectivity index (χ4v) is 3.14. The Morgan fingerprint density at radius 3 is 2.35 bits per heavy atom. The standard InChI is InChI=1S/C21H22N2O3/c1-15-6-4-7-16(14-15)11-12-22-19(24)10-5-13-23-20(25)17-8-2-3-9-18(17)21(23)26/h2-4,6-9,14H,5,10-13H2,1H3,(H,22,24). The Morgan fingerprint density at radius 1 is 1.00 bits per heavy atom. The quantitative estimate of drug-likeness (QED) is 0.781. The molecule has 0 unspecified atom stereocenters. The Balaban J connectivity index is 1.40. The second-order valence-corrected chi connectivity index (χ2v) is 6.50. The number of hydrogen-bond donors (Lipinski definition) is 1. The van der Waals surface area contributed by atoms with Crippen LogP contribution in [0, 0.1) is 6.92 Å². The number of aryl methyl sites for hydroxylation is 1. The smallest absolute Gasteiger partial charge is 0.261 e. The van der Waals surface area contributed by atoms with Crippen LogP contribution in [0.2, 0.25) is 0 Å². The second kappa shape index (κ2) is 7.95. The Hall–Kier alpha value is -2.95. The number of carbonyl (C=O) groups is 3. The molecule has 0 saturated heterocycles. The largest absolute Gasteiger partial charge is 0.356 e. The molecule has 1 heterocycles. The minimum Gasteiger partial charge on any atom is -0.356 e. The van der Waals surface area contributed by atoms with Crippen molar-refractivity contribution >= 4 is 17.7 Å². The van der Waals surface area contributed by atoms with E-state index in [9.17, 15) is 14.4 Å². The summed E-state index contributed by atoms with van der Waals surface area (Å²) in [5, 5.41) is 2.89. The summed E-state index contributed by atoms with van der Waals surface area (Å²) in [5.74, 6) is -0.606. The first-order valence-corrected chi connectivity index (χ1v) is 8.84. The first-order valence-electron chi connectivity index (χ1n) is 8.84. The molecule has 5 heteroatoms. The van der Waals surface area contributed by atoms with E-state index in [-0.39, 0.29) is 24.3 Å². The molecule has 0 aromatic heterocycles. The Morgan fingerprint density at radius 2 is 1.69 bits per heavy atom. The van der Waals surface area contributed by atoms with Crippen molar-refractivity contribution in [1.29, 1.82) is 0 Å². The zero-order valence-corrected chi connectivity index (χ0v) is 14.8. The Kier molecular flexibility index (Phi) is 5.46. The van der Waals surface area contributed by atoms with Crippen molar-refractivity contribution in [3.63, 3.8) is 0 Å². The van der Waals surface area contributed by atoms with Crippen molar-refractivity contribution in [3.05, 3.63) is 70.8 Å². The molecule has 3 rings (SSSR count). The minimum absolute atomic E-state index is 0.0609. The van der Waals surface area contributed by atoms with Crippen LogP contribution >= 0.6 is 0 Å². The van der Waals surface area contributed by atoms with Gasteiger partial charge in [0.25, 0.3) is 11.8 Å². The van der Waals surface area contributed by atoms with Crippen molar-refractivity contribution < 1.29 is 14.4 Å². The van der Waals surface area contributed by atoms with E-state index in [1.807, 2.05) is 25.1 Å². The topological polar surface area (TPSA) is 66.5 Å². The molecule has 0 radical (unpaired) electrons. The Bertz CT molecular complexity index is 810. The molecule has 0 aliphatic carbocycles. The summed E-state index contributed by atoms with van der Waals surface area (Å²) in [7, 11) is 0. The zero-order chi connectivity index (χ0) is 18.5. The maximum absolute atomic E-state index is 12.2. The number of fused-ring (bicyclic) bond motifs is 1. The van der Waals surface area contributed by atoms with E-state index in [4.69, 9.17) is 0 Å². The predicted octanol–water partition coefficient (Wildman–Crippen LogP) is 2.73. The fourth-order valence-electron chi connectivity index (χ4n) is 3.14. The molecule has 5 nitrogen and oxygen atoms in total. The van der Waals surface area contributed by atoms with Gasteiger partial charge in [-0.1, -0.05) is 42.0 Å². The summed E-state index contributed by atoms with van der Waals surface area (Å²) in [6.07, 6.45) is 1.54. The lowest BCUT2D eigenvalue weighted by molar-refractivity contribution is -0.121. The summed E-state index contributed by atoms with van der Waals surface area (Å²) in [6.45, 7) is 2.88. The molecular weight excluding hydrogens is 328 g/mol. The summed E-state index contributed by atoms with van der Waals surface area (Å²) < 4.78 is 0. The minimum atomic E-state index is -0.273. The van der Waals surface area contributed by atoms with Crippen LogP contribution in [-0.2, 0) is 11.2 Å². The van der Waals surface area contributed by atoms with Gasteiger partial charge in [-0.05, 0) is 37.5 Å². The van der Waals surface area contributed by atoms with Gasteiger partial charge >= 0.3 is 0 Å². The van der Waals surface area contributed by atoms with Crippen LogP contribution in [0.4, 0.5) is 0 Å². The highest BCUT2D eigenvalue weighted by atomic mass is 16.2. The summed E-state index contributed by atoms with van der Waals surface area (Å²) >= 11 is 0. The SMILES string of the molecule is Cc1cccc(CCNC(=O)CCCN2C(=O)c3ccccc3C2=O)c1. The third-order valence-corrected chi connectivity index (χ3v) is 4.48. The molecule has 0 atom stereocenters. The lowest BCUT2D eigenvalue weighted by atomic mass is 10.1. The number of carbonyl (C=O) groups excluding carboxylic acids is 3. The van der Waals surface area contributed by atoms with Crippen molar-refractivity contribution in [2.24, 2.45) is 0 Å². The summed E-state index contributed by atoms with van der Waals surface area (Å²) in [4.78, 5) is 37.7. The van der Waals surface area contributed by atoms with Gasteiger partial charge in [0.1, 0.15) is 0 Å². The van der Waals surface area contributed by atoms with Crippen molar-refractivity contribution in [3.8, 4) is 0 Å². The van der Waals surface area contributed by atoms with Gasteiger partial charge in [0, 0.05) is 19.5 Å². The van der Waals surface area contributed by atoms with E-state index < -0.39 is 0 Å². The van der Waals surface area contributed by atoms with Gasteiger partial charge in [0.05, 0.1) is 11.1 Å². The third-order valence-electron chi connectivity index (χ3n) is 4.48. The normalized spacial score (nSPS) is 13.0. The molecule has 0 spiro atoms. The van der Waals surface area contributed by atoms with Crippen LogP contribution < -0.4 is 5.32 Å². The lowest BCUT2D eigenvalue weighted by Gasteiger charge is -2.13. The molecule has 3 amide bonds. The van der Waals surface area contributed by atoms with Crippen LogP contribution in [0.3, 0.4) is 0 Å². The third kappa shape index (κ3) is 3.99. The molecule has 1 N–H and O–H groups in total. The van der Waals surface area contributed by atoms with Gasteiger partial charge in [0.2, 0.25) is 5.91 Å². The van der Waals surface area contributed by atoms with Crippen LogP contribution in [0.1, 0.15) is 44.7 Å². The van der Waals surface area contributed by atoms with Crippen molar-refractivity contribution in [1.82, 2.24) is 10.2 Å². The first kappa shape index (κ1) is 17.9.